The van der Waals surface area contributed by atoms with Crippen LogP contribution in [0.1, 0.15) is 57.4 Å². The average molecular weight is 390 g/mol. The third-order valence-electron chi connectivity index (χ3n) is 6.51. The van der Waals surface area contributed by atoms with E-state index in [1.54, 1.807) is 6.07 Å². The van der Waals surface area contributed by atoms with E-state index in [1.165, 1.54) is 11.3 Å². The molecular formula is C26H30FN2+. The normalized spacial score (nSPS) is 17.1. The summed E-state index contributed by atoms with van der Waals surface area (Å²) >= 11 is 0. The molecule has 0 spiro atoms. The van der Waals surface area contributed by atoms with Crippen molar-refractivity contribution in [3.8, 4) is 22.5 Å². The average Bonchev–Trinajstić information content (AvgIpc) is 2.67. The summed E-state index contributed by atoms with van der Waals surface area (Å²) in [5, 5.41) is 0. The minimum Gasteiger partial charge on any atom is -0.233 e. The monoisotopic (exact) mass is 389 g/mol. The smallest absolute Gasteiger partial charge is 0.233 e. The lowest BCUT2D eigenvalue weighted by atomic mass is 9.65. The Balaban J connectivity index is 1.95. The molecule has 1 aliphatic rings. The predicted molar refractivity (Wildman–Crippen MR) is 116 cm³/mol. The highest BCUT2D eigenvalue weighted by molar-refractivity contribution is 5.72. The summed E-state index contributed by atoms with van der Waals surface area (Å²) in [6.07, 6.45) is 4.51. The topological polar surface area (TPSA) is 16.8 Å². The largest absolute Gasteiger partial charge is 0.330 e. The molecule has 1 aromatic heterocycles. The van der Waals surface area contributed by atoms with Gasteiger partial charge in [0.25, 0.3) is 0 Å². The number of fused-ring (bicyclic) bond motifs is 1. The number of halogens is 1. The fraction of sp³-hybridized carbons (Fsp3) is 0.385. The molecule has 4 rings (SSSR count). The van der Waals surface area contributed by atoms with Crippen LogP contribution < -0.4 is 4.57 Å². The van der Waals surface area contributed by atoms with Gasteiger partial charge in [0, 0.05) is 16.5 Å². The van der Waals surface area contributed by atoms with E-state index in [1.807, 2.05) is 50.4 Å². The van der Waals surface area contributed by atoms with Gasteiger partial charge in [0.05, 0.1) is 18.8 Å². The summed E-state index contributed by atoms with van der Waals surface area (Å²) in [5.41, 5.74) is 6.02. The first-order valence-corrected chi connectivity index (χ1v) is 10.4. The highest BCUT2D eigenvalue weighted by Crippen LogP contribution is 2.44. The highest BCUT2D eigenvalue weighted by Gasteiger charge is 2.43. The quantitative estimate of drug-likeness (QED) is 0.489. The van der Waals surface area contributed by atoms with Crippen molar-refractivity contribution in [1.82, 2.24) is 4.98 Å². The van der Waals surface area contributed by atoms with Gasteiger partial charge < -0.3 is 0 Å². The van der Waals surface area contributed by atoms with E-state index in [4.69, 9.17) is 4.98 Å². The van der Waals surface area contributed by atoms with Gasteiger partial charge in [0.15, 0.2) is 5.69 Å². The molecule has 0 aliphatic heterocycles. The third-order valence-corrected chi connectivity index (χ3v) is 6.51. The van der Waals surface area contributed by atoms with E-state index in [0.29, 0.717) is 5.56 Å². The van der Waals surface area contributed by atoms with Crippen molar-refractivity contribution in [1.29, 1.82) is 0 Å². The second-order valence-corrected chi connectivity index (χ2v) is 9.72. The summed E-state index contributed by atoms with van der Waals surface area (Å²) < 4.78 is 16.9. The van der Waals surface area contributed by atoms with Crippen LogP contribution in [0.4, 0.5) is 4.39 Å². The number of hydrogen-bond donors (Lipinski definition) is 0. The standard InChI is InChI=1S/C26H30FN2/c1-17-14-22(27)20(18-10-8-7-9-11-18)15-19(17)24-28-23-21(16-29(24)6)25(2,3)12-13-26(23,4)5/h7-11,14-16H,12-13H2,1-6H3/q+1. The SMILES string of the molecule is Cc1cc(F)c(-c2ccccc2)cc1-c1nc2c(c[n+]1C)C(C)(C)CCC2(C)C. The van der Waals surface area contributed by atoms with Gasteiger partial charge in [-0.05, 0) is 53.4 Å². The zero-order valence-electron chi connectivity index (χ0n) is 18.3. The summed E-state index contributed by atoms with van der Waals surface area (Å²) in [6, 6.07) is 13.3. The molecule has 0 amide bonds. The fourth-order valence-corrected chi connectivity index (χ4v) is 4.45. The fourth-order valence-electron chi connectivity index (χ4n) is 4.45. The van der Waals surface area contributed by atoms with E-state index in [2.05, 4.69) is 38.5 Å². The molecule has 3 aromatic rings. The van der Waals surface area contributed by atoms with Gasteiger partial charge in [-0.15, -0.1) is 0 Å². The zero-order valence-corrected chi connectivity index (χ0v) is 18.3. The summed E-state index contributed by atoms with van der Waals surface area (Å²) in [4.78, 5) is 5.20. The first-order chi connectivity index (χ1) is 13.6. The Hall–Kier alpha value is -2.55. The van der Waals surface area contributed by atoms with E-state index < -0.39 is 0 Å². The van der Waals surface area contributed by atoms with Crippen molar-refractivity contribution in [2.24, 2.45) is 7.05 Å². The van der Waals surface area contributed by atoms with Gasteiger partial charge in [-0.1, -0.05) is 58.0 Å². The van der Waals surface area contributed by atoms with Crippen molar-refractivity contribution in [3.63, 3.8) is 0 Å². The molecule has 0 saturated carbocycles. The first-order valence-electron chi connectivity index (χ1n) is 10.4. The Morgan fingerprint density at radius 3 is 2.28 bits per heavy atom. The maximum Gasteiger partial charge on any atom is 0.330 e. The number of aryl methyl sites for hydroxylation is 2. The lowest BCUT2D eigenvalue weighted by Gasteiger charge is -2.37. The maximum absolute atomic E-state index is 14.8. The Bertz CT molecular complexity index is 1080. The van der Waals surface area contributed by atoms with Crippen LogP contribution in [0.3, 0.4) is 0 Å². The van der Waals surface area contributed by atoms with Crippen LogP contribution in [0.5, 0.6) is 0 Å². The number of benzene rings is 2. The lowest BCUT2D eigenvalue weighted by molar-refractivity contribution is -0.663. The molecule has 0 unspecified atom stereocenters. The summed E-state index contributed by atoms with van der Waals surface area (Å²) in [6.45, 7) is 11.1. The van der Waals surface area contributed by atoms with E-state index in [-0.39, 0.29) is 16.6 Å². The summed E-state index contributed by atoms with van der Waals surface area (Å²) in [5.74, 6) is 0.698. The molecule has 3 heteroatoms. The minimum atomic E-state index is -0.195. The Morgan fingerprint density at radius 2 is 1.59 bits per heavy atom. The number of rotatable bonds is 2. The molecular weight excluding hydrogens is 359 g/mol. The molecule has 2 nitrogen and oxygen atoms in total. The second kappa shape index (κ2) is 6.76. The molecule has 150 valence electrons. The van der Waals surface area contributed by atoms with Crippen LogP contribution in [0, 0.1) is 12.7 Å². The number of aromatic nitrogens is 2. The van der Waals surface area contributed by atoms with Crippen LogP contribution in [0.2, 0.25) is 0 Å². The van der Waals surface area contributed by atoms with Gasteiger partial charge in [-0.3, -0.25) is 0 Å². The maximum atomic E-state index is 14.8. The van der Waals surface area contributed by atoms with E-state index in [9.17, 15) is 4.39 Å². The minimum absolute atomic E-state index is 0.0318. The van der Waals surface area contributed by atoms with Crippen LogP contribution in [-0.2, 0) is 17.9 Å². The van der Waals surface area contributed by atoms with Gasteiger partial charge in [0.1, 0.15) is 5.82 Å². The van der Waals surface area contributed by atoms with Crippen molar-refractivity contribution in [2.45, 2.75) is 58.3 Å². The number of nitrogens with zero attached hydrogens (tertiary/aromatic N) is 2. The van der Waals surface area contributed by atoms with Crippen LogP contribution in [-0.4, -0.2) is 4.98 Å². The summed E-state index contributed by atoms with van der Waals surface area (Å²) in [7, 11) is 2.05. The van der Waals surface area contributed by atoms with Gasteiger partial charge >= 0.3 is 5.82 Å². The molecule has 0 saturated heterocycles. The number of hydrogen-bond acceptors (Lipinski definition) is 1. The first kappa shape index (κ1) is 19.8. The molecule has 29 heavy (non-hydrogen) atoms. The highest BCUT2D eigenvalue weighted by atomic mass is 19.1. The molecule has 0 radical (unpaired) electrons. The molecule has 0 atom stereocenters. The van der Waals surface area contributed by atoms with Crippen LogP contribution in [0.15, 0.2) is 48.7 Å². The molecule has 2 aromatic carbocycles. The molecule has 0 bridgehead atoms. The van der Waals surface area contributed by atoms with Crippen molar-refractivity contribution >= 4 is 0 Å². The van der Waals surface area contributed by atoms with Crippen molar-refractivity contribution in [3.05, 3.63) is 71.3 Å². The van der Waals surface area contributed by atoms with E-state index >= 15 is 0 Å². The molecule has 0 fully saturated rings. The van der Waals surface area contributed by atoms with Gasteiger partial charge in [0.2, 0.25) is 0 Å². The Kier molecular flexibility index (Phi) is 4.60. The lowest BCUT2D eigenvalue weighted by Crippen LogP contribution is -2.42. The Morgan fingerprint density at radius 1 is 0.931 bits per heavy atom. The molecule has 1 aliphatic carbocycles. The molecule has 0 N–H and O–H groups in total. The van der Waals surface area contributed by atoms with Crippen molar-refractivity contribution < 1.29 is 8.96 Å². The second-order valence-electron chi connectivity index (χ2n) is 9.72. The van der Waals surface area contributed by atoms with Gasteiger partial charge in [-0.2, -0.15) is 0 Å². The zero-order chi connectivity index (χ0) is 21.0. The van der Waals surface area contributed by atoms with E-state index in [0.717, 1.165) is 35.4 Å². The van der Waals surface area contributed by atoms with Gasteiger partial charge in [-0.25, -0.2) is 8.96 Å². The predicted octanol–water partition coefficient (Wildman–Crippen LogP) is 6.04. The molecule has 1 heterocycles. The Labute approximate surface area is 173 Å². The third kappa shape index (κ3) is 3.37. The van der Waals surface area contributed by atoms with Crippen LogP contribution in [0.25, 0.3) is 22.5 Å². The van der Waals surface area contributed by atoms with Crippen molar-refractivity contribution in [2.75, 3.05) is 0 Å². The van der Waals surface area contributed by atoms with Crippen LogP contribution >= 0.6 is 0 Å².